The molecule has 0 bridgehead atoms. The van der Waals surface area contributed by atoms with Crippen molar-refractivity contribution in [3.63, 3.8) is 0 Å². The molecule has 1 unspecified atom stereocenters. The molecule has 0 aliphatic heterocycles. The Bertz CT molecular complexity index is 295. The van der Waals surface area contributed by atoms with Gasteiger partial charge in [0.1, 0.15) is 0 Å². The quantitative estimate of drug-likeness (QED) is 0.762. The molecular weight excluding hydrogens is 168 g/mol. The van der Waals surface area contributed by atoms with Gasteiger partial charge in [-0.1, -0.05) is 6.92 Å². The lowest BCUT2D eigenvalue weighted by Gasteiger charge is -2.06. The summed E-state index contributed by atoms with van der Waals surface area (Å²) >= 11 is 0. The summed E-state index contributed by atoms with van der Waals surface area (Å²) in [6, 6.07) is 0. The highest BCUT2D eigenvalue weighted by Crippen LogP contribution is 2.14. The van der Waals surface area contributed by atoms with Crippen LogP contribution in [0.4, 0.5) is 0 Å². The van der Waals surface area contributed by atoms with Crippen molar-refractivity contribution >= 4 is 5.97 Å². The van der Waals surface area contributed by atoms with Gasteiger partial charge in [0.25, 0.3) is 0 Å². The molecule has 1 heterocycles. The van der Waals surface area contributed by atoms with Crippen LogP contribution in [0.3, 0.4) is 0 Å². The van der Waals surface area contributed by atoms with E-state index in [1.165, 1.54) is 0 Å². The van der Waals surface area contributed by atoms with Gasteiger partial charge >= 0.3 is 5.97 Å². The van der Waals surface area contributed by atoms with Crippen molar-refractivity contribution in [2.24, 2.45) is 0 Å². The highest BCUT2D eigenvalue weighted by Gasteiger charge is 2.11. The van der Waals surface area contributed by atoms with E-state index >= 15 is 0 Å². The van der Waals surface area contributed by atoms with Gasteiger partial charge in [0.2, 0.25) is 0 Å². The molecule has 1 atom stereocenters. The minimum Gasteiger partial charge on any atom is -0.481 e. The molecule has 0 radical (unpaired) electrons. The average molecular weight is 180 g/mol. The molecule has 1 aromatic heterocycles. The number of nitrogens with zero attached hydrogens (tertiary/aromatic N) is 2. The van der Waals surface area contributed by atoms with Gasteiger partial charge in [-0.15, -0.1) is 0 Å². The van der Waals surface area contributed by atoms with Crippen LogP contribution in [-0.2, 0) is 4.79 Å². The summed E-state index contributed by atoms with van der Waals surface area (Å²) in [5.41, 5.74) is 1.57. The van der Waals surface area contributed by atoms with E-state index in [0.29, 0.717) is 0 Å². The van der Waals surface area contributed by atoms with Crippen LogP contribution in [0, 0.1) is 6.92 Å². The zero-order valence-electron chi connectivity index (χ0n) is 7.69. The third-order valence-corrected chi connectivity index (χ3v) is 1.79. The maximum Gasteiger partial charge on any atom is 0.304 e. The molecule has 0 fully saturated rings. The number of hydrogen-bond donors (Lipinski definition) is 1. The van der Waals surface area contributed by atoms with Crippen LogP contribution in [0.15, 0.2) is 12.4 Å². The monoisotopic (exact) mass is 180 g/mol. The van der Waals surface area contributed by atoms with Crippen LogP contribution < -0.4 is 0 Å². The number of carbonyl (C=O) groups is 1. The molecule has 4 heteroatoms. The van der Waals surface area contributed by atoms with Crippen molar-refractivity contribution in [2.45, 2.75) is 26.2 Å². The second-order valence-electron chi connectivity index (χ2n) is 3.08. The molecule has 4 nitrogen and oxygen atoms in total. The van der Waals surface area contributed by atoms with E-state index in [4.69, 9.17) is 5.11 Å². The molecule has 0 spiro atoms. The summed E-state index contributed by atoms with van der Waals surface area (Å²) < 4.78 is 0. The molecule has 1 N–H and O–H groups in total. The average Bonchev–Trinajstić information content (AvgIpc) is 2.04. The molecule has 13 heavy (non-hydrogen) atoms. The van der Waals surface area contributed by atoms with Crippen molar-refractivity contribution in [3.8, 4) is 0 Å². The largest absolute Gasteiger partial charge is 0.481 e. The van der Waals surface area contributed by atoms with Crippen LogP contribution >= 0.6 is 0 Å². The summed E-state index contributed by atoms with van der Waals surface area (Å²) in [4.78, 5) is 18.6. The summed E-state index contributed by atoms with van der Waals surface area (Å²) in [5.74, 6) is -0.888. The molecule has 1 rings (SSSR count). The summed E-state index contributed by atoms with van der Waals surface area (Å²) in [7, 11) is 0. The van der Waals surface area contributed by atoms with Crippen LogP contribution in [-0.4, -0.2) is 21.0 Å². The summed E-state index contributed by atoms with van der Waals surface area (Å²) in [6.07, 6.45) is 3.37. The van der Waals surface area contributed by atoms with Crippen LogP contribution in [0.25, 0.3) is 0 Å². The van der Waals surface area contributed by atoms with E-state index in [-0.39, 0.29) is 12.3 Å². The van der Waals surface area contributed by atoms with E-state index in [9.17, 15) is 4.79 Å². The molecule has 0 aliphatic rings. The highest BCUT2D eigenvalue weighted by atomic mass is 16.4. The van der Waals surface area contributed by atoms with Crippen molar-refractivity contribution in [2.75, 3.05) is 0 Å². The van der Waals surface area contributed by atoms with Gasteiger partial charge in [0, 0.05) is 18.3 Å². The van der Waals surface area contributed by atoms with Crippen LogP contribution in [0.5, 0.6) is 0 Å². The predicted octanol–water partition coefficient (Wildman–Crippen LogP) is 1.36. The van der Waals surface area contributed by atoms with E-state index in [0.717, 1.165) is 11.4 Å². The summed E-state index contributed by atoms with van der Waals surface area (Å²) in [5, 5.41) is 8.55. The number of aliphatic carboxylic acids is 1. The Hall–Kier alpha value is -1.45. The zero-order valence-corrected chi connectivity index (χ0v) is 7.69. The predicted molar refractivity (Wildman–Crippen MR) is 47.4 cm³/mol. The fourth-order valence-electron chi connectivity index (χ4n) is 1.02. The molecule has 0 aromatic carbocycles. The van der Waals surface area contributed by atoms with E-state index in [1.807, 2.05) is 13.8 Å². The molecule has 1 aromatic rings. The lowest BCUT2D eigenvalue weighted by Crippen LogP contribution is -2.05. The van der Waals surface area contributed by atoms with Crippen molar-refractivity contribution in [3.05, 3.63) is 23.8 Å². The smallest absolute Gasteiger partial charge is 0.304 e. The number of carboxylic acid groups (broad SMARTS) is 1. The normalized spacial score (nSPS) is 12.5. The number of rotatable bonds is 3. The first kappa shape index (κ1) is 9.64. The van der Waals surface area contributed by atoms with Crippen molar-refractivity contribution in [1.29, 1.82) is 0 Å². The van der Waals surface area contributed by atoms with Crippen molar-refractivity contribution in [1.82, 2.24) is 9.97 Å². The third-order valence-electron chi connectivity index (χ3n) is 1.79. The lowest BCUT2D eigenvalue weighted by molar-refractivity contribution is -0.137. The zero-order chi connectivity index (χ0) is 9.84. The first-order valence-corrected chi connectivity index (χ1v) is 4.10. The molecule has 0 aliphatic carbocycles. The number of aryl methyl sites for hydroxylation is 1. The Balaban J connectivity index is 2.71. The minimum atomic E-state index is -0.810. The Morgan fingerprint density at radius 3 is 2.69 bits per heavy atom. The Morgan fingerprint density at radius 1 is 1.54 bits per heavy atom. The first-order chi connectivity index (χ1) is 6.09. The third kappa shape index (κ3) is 2.82. The topological polar surface area (TPSA) is 63.1 Å². The molecule has 0 saturated carbocycles. The fourth-order valence-corrected chi connectivity index (χ4v) is 1.02. The first-order valence-electron chi connectivity index (χ1n) is 4.10. The molecule has 0 saturated heterocycles. The van der Waals surface area contributed by atoms with Gasteiger partial charge in [0.05, 0.1) is 17.8 Å². The van der Waals surface area contributed by atoms with E-state index in [2.05, 4.69) is 9.97 Å². The second kappa shape index (κ2) is 3.98. The number of aromatic nitrogens is 2. The highest BCUT2D eigenvalue weighted by molar-refractivity contribution is 5.67. The standard InChI is InChI=1S/C9H12N2O2/c1-6(3-9(12)13)8-5-10-7(2)4-11-8/h4-6H,3H2,1-2H3,(H,12,13). The van der Waals surface area contributed by atoms with Crippen LogP contribution in [0.1, 0.15) is 30.7 Å². The van der Waals surface area contributed by atoms with Gasteiger partial charge < -0.3 is 5.11 Å². The second-order valence-corrected chi connectivity index (χ2v) is 3.08. The van der Waals surface area contributed by atoms with E-state index < -0.39 is 5.97 Å². The Kier molecular flexibility index (Phi) is 2.95. The van der Waals surface area contributed by atoms with Gasteiger partial charge in [-0.3, -0.25) is 14.8 Å². The minimum absolute atomic E-state index is 0.0781. The maximum atomic E-state index is 10.4. The van der Waals surface area contributed by atoms with Gasteiger partial charge in [-0.2, -0.15) is 0 Å². The molecule has 70 valence electrons. The summed E-state index contributed by atoms with van der Waals surface area (Å²) in [6.45, 7) is 3.67. The maximum absolute atomic E-state index is 10.4. The Morgan fingerprint density at radius 2 is 2.23 bits per heavy atom. The van der Waals surface area contributed by atoms with Gasteiger partial charge in [-0.25, -0.2) is 0 Å². The van der Waals surface area contributed by atoms with Crippen molar-refractivity contribution < 1.29 is 9.90 Å². The van der Waals surface area contributed by atoms with Crippen LogP contribution in [0.2, 0.25) is 0 Å². The fraction of sp³-hybridized carbons (Fsp3) is 0.444. The number of hydrogen-bond acceptors (Lipinski definition) is 3. The van der Waals surface area contributed by atoms with E-state index in [1.54, 1.807) is 12.4 Å². The SMILES string of the molecule is Cc1cnc(C(C)CC(=O)O)cn1. The lowest BCUT2D eigenvalue weighted by atomic mass is 10.1. The molecule has 0 amide bonds. The van der Waals surface area contributed by atoms with Gasteiger partial charge in [-0.05, 0) is 6.92 Å². The Labute approximate surface area is 76.7 Å². The molecular formula is C9H12N2O2. The van der Waals surface area contributed by atoms with Gasteiger partial charge in [0.15, 0.2) is 0 Å². The number of carboxylic acids is 1.